The maximum Gasteiger partial charge on any atom is 0.410 e. The maximum absolute atomic E-state index is 12.6. The molecule has 1 amide bonds. The molecule has 0 saturated carbocycles. The van der Waals surface area contributed by atoms with Crippen LogP contribution in [0.2, 0.25) is 0 Å². The summed E-state index contributed by atoms with van der Waals surface area (Å²) in [5.41, 5.74) is 2.35. The minimum absolute atomic E-state index is 0.0163. The van der Waals surface area contributed by atoms with Crippen LogP contribution in [0.4, 0.5) is 4.79 Å². The Morgan fingerprint density at radius 1 is 0.952 bits per heavy atom. The summed E-state index contributed by atoms with van der Waals surface area (Å²) >= 11 is 0. The lowest BCUT2D eigenvalue weighted by Crippen LogP contribution is -2.42. The van der Waals surface area contributed by atoms with E-state index in [1.54, 1.807) is 11.1 Å². The molecular formula is C34H43N3O5. The fourth-order valence-corrected chi connectivity index (χ4v) is 4.87. The van der Waals surface area contributed by atoms with Gasteiger partial charge in [-0.15, -0.1) is 0 Å². The first kappa shape index (κ1) is 30.9. The van der Waals surface area contributed by atoms with E-state index >= 15 is 0 Å². The molecule has 0 aliphatic carbocycles. The molecule has 1 fully saturated rings. The lowest BCUT2D eigenvalue weighted by atomic mass is 9.78. The van der Waals surface area contributed by atoms with Gasteiger partial charge in [-0.05, 0) is 82.0 Å². The third-order valence-electron chi connectivity index (χ3n) is 7.27. The van der Waals surface area contributed by atoms with Crippen molar-refractivity contribution in [3.05, 3.63) is 90.0 Å². The zero-order chi connectivity index (χ0) is 30.3. The van der Waals surface area contributed by atoms with Gasteiger partial charge in [0.25, 0.3) is 0 Å². The van der Waals surface area contributed by atoms with Crippen LogP contribution in [0.15, 0.2) is 67.4 Å². The van der Waals surface area contributed by atoms with E-state index < -0.39 is 5.60 Å². The predicted octanol–water partition coefficient (Wildman–Crippen LogP) is 7.17. The van der Waals surface area contributed by atoms with Crippen molar-refractivity contribution in [2.24, 2.45) is 0 Å². The van der Waals surface area contributed by atoms with Gasteiger partial charge in [-0.2, -0.15) is 0 Å². The summed E-state index contributed by atoms with van der Waals surface area (Å²) in [4.78, 5) is 23.1. The van der Waals surface area contributed by atoms with Crippen LogP contribution in [0.5, 0.6) is 11.5 Å². The second-order valence-electron chi connectivity index (χ2n) is 12.0. The Labute approximate surface area is 249 Å². The van der Waals surface area contributed by atoms with Crippen LogP contribution in [-0.4, -0.2) is 52.4 Å². The van der Waals surface area contributed by atoms with Crippen molar-refractivity contribution < 1.29 is 23.7 Å². The Hall–Kier alpha value is -4.07. The highest BCUT2D eigenvalue weighted by molar-refractivity contribution is 5.69. The van der Waals surface area contributed by atoms with E-state index in [9.17, 15) is 4.79 Å². The molecule has 8 nitrogen and oxygen atoms in total. The number of aromatic nitrogens is 2. The summed E-state index contributed by atoms with van der Waals surface area (Å²) in [6.07, 6.45) is 3.28. The first-order valence-corrected chi connectivity index (χ1v) is 14.6. The quantitative estimate of drug-likeness (QED) is 0.225. The molecule has 4 rings (SSSR count). The maximum atomic E-state index is 12.6. The summed E-state index contributed by atoms with van der Waals surface area (Å²) in [7, 11) is 0. The summed E-state index contributed by atoms with van der Waals surface area (Å²) < 4.78 is 23.1. The largest absolute Gasteiger partial charge is 0.491 e. The molecule has 224 valence electrons. The van der Waals surface area contributed by atoms with Crippen molar-refractivity contribution in [2.45, 2.75) is 78.0 Å². The number of carbonyl (C=O) groups excluding carboxylic acids is 1. The number of hydrogen-bond donors (Lipinski definition) is 0. The van der Waals surface area contributed by atoms with E-state index in [1.165, 1.54) is 11.1 Å². The topological polar surface area (TPSA) is 83.0 Å². The molecule has 0 spiro atoms. The number of carbonyl (C=O) groups is 1. The molecule has 1 aliphatic heterocycles. The van der Waals surface area contributed by atoms with Gasteiger partial charge in [0.05, 0.1) is 18.3 Å². The molecule has 0 N–H and O–H groups in total. The average molecular weight is 574 g/mol. The molecule has 3 aromatic rings. The number of amides is 1. The zero-order valence-corrected chi connectivity index (χ0v) is 25.7. The summed E-state index contributed by atoms with van der Waals surface area (Å²) in [6.45, 7) is 17.8. The fraction of sp³-hybridized carbons (Fsp3) is 0.441. The van der Waals surface area contributed by atoms with Crippen molar-refractivity contribution in [3.8, 4) is 11.5 Å². The van der Waals surface area contributed by atoms with Crippen LogP contribution in [0, 0.1) is 0 Å². The van der Waals surface area contributed by atoms with Gasteiger partial charge in [0.15, 0.2) is 11.6 Å². The highest BCUT2D eigenvalue weighted by atomic mass is 16.6. The molecule has 1 saturated heterocycles. The molecule has 0 unspecified atom stereocenters. The van der Waals surface area contributed by atoms with Crippen molar-refractivity contribution >= 4 is 11.9 Å². The van der Waals surface area contributed by atoms with Gasteiger partial charge in [-0.25, -0.2) is 14.8 Å². The smallest absolute Gasteiger partial charge is 0.410 e. The second-order valence-corrected chi connectivity index (χ2v) is 12.0. The van der Waals surface area contributed by atoms with E-state index in [4.69, 9.17) is 18.9 Å². The fourth-order valence-electron chi connectivity index (χ4n) is 4.87. The first-order chi connectivity index (χ1) is 20.0. The molecule has 2 aromatic carbocycles. The monoisotopic (exact) mass is 573 g/mol. The van der Waals surface area contributed by atoms with Crippen molar-refractivity contribution in [1.82, 2.24) is 14.9 Å². The van der Waals surface area contributed by atoms with Crippen LogP contribution >= 0.6 is 0 Å². The third-order valence-corrected chi connectivity index (χ3v) is 7.27. The minimum atomic E-state index is -0.511. The average Bonchev–Trinajstić information content (AvgIpc) is 3.44. The Kier molecular flexibility index (Phi) is 9.76. The normalized spacial score (nSPS) is 15.3. The van der Waals surface area contributed by atoms with Gasteiger partial charge in [0.1, 0.15) is 30.3 Å². The first-order valence-electron chi connectivity index (χ1n) is 14.6. The molecule has 0 radical (unpaired) electrons. The van der Waals surface area contributed by atoms with E-state index in [2.05, 4.69) is 54.7 Å². The van der Waals surface area contributed by atoms with Crippen LogP contribution in [0.3, 0.4) is 0 Å². The molecule has 0 bridgehead atoms. The Morgan fingerprint density at radius 2 is 1.57 bits per heavy atom. The molecule has 8 heteroatoms. The summed E-state index contributed by atoms with van der Waals surface area (Å²) in [5, 5.41) is 0. The van der Waals surface area contributed by atoms with Gasteiger partial charge in [0.2, 0.25) is 0 Å². The van der Waals surface area contributed by atoms with Gasteiger partial charge in [-0.1, -0.05) is 44.7 Å². The SMILES string of the molecule is C=C(OCC)c1nccc(COc2ccc(C(C)(C)c3ccc(OC[C@H]4CCCN4C(=O)OC(C)(C)C)cc3)cc2)n1. The van der Waals surface area contributed by atoms with Crippen LogP contribution in [0.25, 0.3) is 5.76 Å². The van der Waals surface area contributed by atoms with Gasteiger partial charge < -0.3 is 23.8 Å². The van der Waals surface area contributed by atoms with Crippen molar-refractivity contribution in [2.75, 3.05) is 19.8 Å². The number of hydrogen-bond acceptors (Lipinski definition) is 7. The Morgan fingerprint density at radius 3 is 2.17 bits per heavy atom. The Bertz CT molecular complexity index is 1350. The van der Waals surface area contributed by atoms with Crippen LogP contribution in [-0.2, 0) is 21.5 Å². The van der Waals surface area contributed by atoms with E-state index in [0.717, 1.165) is 30.0 Å². The molecule has 1 aliphatic rings. The standard InChI is InChI=1S/C34H43N3O5/c1-8-39-24(2)31-35-20-19-27(36-31)22-40-29-15-11-25(12-16-29)34(6,7)26-13-17-30(18-14-26)41-23-28-10-9-21-37(28)32(38)42-33(3,4)5/h11-20,28H,2,8-10,21-23H2,1,3-7H3/t28-/m1/s1. The van der Waals surface area contributed by atoms with Crippen LogP contribution < -0.4 is 9.47 Å². The van der Waals surface area contributed by atoms with Gasteiger partial charge in [-0.3, -0.25) is 0 Å². The number of likely N-dealkylation sites (tertiary alicyclic amines) is 1. The van der Waals surface area contributed by atoms with Crippen molar-refractivity contribution in [3.63, 3.8) is 0 Å². The highest BCUT2D eigenvalue weighted by Gasteiger charge is 2.32. The molecule has 1 atom stereocenters. The van der Waals surface area contributed by atoms with Gasteiger partial charge >= 0.3 is 6.09 Å². The highest BCUT2D eigenvalue weighted by Crippen LogP contribution is 2.33. The van der Waals surface area contributed by atoms with Crippen molar-refractivity contribution in [1.29, 1.82) is 0 Å². The molecule has 42 heavy (non-hydrogen) atoms. The number of ether oxygens (including phenoxy) is 4. The van der Waals surface area contributed by atoms with E-state index in [1.807, 2.05) is 58.0 Å². The minimum Gasteiger partial charge on any atom is -0.491 e. The molecule has 2 heterocycles. The van der Waals surface area contributed by atoms with E-state index in [0.29, 0.717) is 37.9 Å². The zero-order valence-electron chi connectivity index (χ0n) is 25.7. The number of nitrogens with zero attached hydrogens (tertiary/aromatic N) is 3. The lowest BCUT2D eigenvalue weighted by Gasteiger charge is -2.29. The Balaban J connectivity index is 1.32. The second kappa shape index (κ2) is 13.3. The summed E-state index contributed by atoms with van der Waals surface area (Å²) in [5.74, 6) is 2.46. The number of benzene rings is 2. The van der Waals surface area contributed by atoms with Crippen LogP contribution in [0.1, 0.15) is 77.0 Å². The predicted molar refractivity (Wildman–Crippen MR) is 163 cm³/mol. The third kappa shape index (κ3) is 8.02. The number of rotatable bonds is 11. The lowest BCUT2D eigenvalue weighted by molar-refractivity contribution is 0.0187. The molecular weight excluding hydrogens is 530 g/mol. The molecule has 1 aromatic heterocycles. The van der Waals surface area contributed by atoms with Gasteiger partial charge in [0, 0.05) is 18.2 Å². The summed E-state index contributed by atoms with van der Waals surface area (Å²) in [6, 6.07) is 18.2. The van der Waals surface area contributed by atoms with E-state index in [-0.39, 0.29) is 17.6 Å².